The lowest BCUT2D eigenvalue weighted by atomic mass is 10.1. The van der Waals surface area contributed by atoms with Crippen molar-refractivity contribution in [1.29, 1.82) is 0 Å². The predicted molar refractivity (Wildman–Crippen MR) is 112 cm³/mol. The van der Waals surface area contributed by atoms with E-state index in [4.69, 9.17) is 4.74 Å². The molecule has 7 nitrogen and oxygen atoms in total. The number of carbonyl (C=O) groups excluding carboxylic acids is 1. The largest absolute Gasteiger partial charge is 0.379 e. The van der Waals surface area contributed by atoms with Gasteiger partial charge < -0.3 is 10.1 Å². The fourth-order valence-corrected chi connectivity index (χ4v) is 3.59. The highest BCUT2D eigenvalue weighted by molar-refractivity contribution is 6.04. The summed E-state index contributed by atoms with van der Waals surface area (Å²) in [7, 11) is 1.73. The van der Waals surface area contributed by atoms with Gasteiger partial charge in [-0.05, 0) is 36.8 Å². The van der Waals surface area contributed by atoms with Gasteiger partial charge in [-0.3, -0.25) is 19.2 Å². The molecule has 0 aliphatic carbocycles. The Labute approximate surface area is 168 Å². The first-order valence-electron chi connectivity index (χ1n) is 9.69. The Bertz CT molecular complexity index is 1120. The molecule has 1 N–H and O–H groups in total. The maximum absolute atomic E-state index is 12.8. The smallest absolute Gasteiger partial charge is 0.280 e. The molecule has 1 saturated heterocycles. The molecule has 1 aliphatic heterocycles. The number of amides is 1. The van der Waals surface area contributed by atoms with Crippen molar-refractivity contribution in [1.82, 2.24) is 14.7 Å². The molecular formula is C22H24N4O3. The van der Waals surface area contributed by atoms with Crippen molar-refractivity contribution in [3.05, 3.63) is 69.5 Å². The van der Waals surface area contributed by atoms with E-state index in [-0.39, 0.29) is 11.1 Å². The first-order valence-corrected chi connectivity index (χ1v) is 9.69. The molecule has 2 aromatic carbocycles. The number of rotatable bonds is 4. The molecule has 1 aromatic heterocycles. The molecule has 0 bridgehead atoms. The van der Waals surface area contributed by atoms with Crippen LogP contribution in [-0.2, 0) is 18.3 Å². The summed E-state index contributed by atoms with van der Waals surface area (Å²) in [6, 6.07) is 13.2. The predicted octanol–water partition coefficient (Wildman–Crippen LogP) is 2.33. The van der Waals surface area contributed by atoms with Crippen molar-refractivity contribution >= 4 is 22.5 Å². The molecule has 1 amide bonds. The number of hydrogen-bond donors (Lipinski definition) is 1. The van der Waals surface area contributed by atoms with Gasteiger partial charge in [0.05, 0.1) is 24.1 Å². The third-order valence-electron chi connectivity index (χ3n) is 5.12. The fraction of sp³-hybridized carbons (Fsp3) is 0.318. The van der Waals surface area contributed by atoms with Crippen molar-refractivity contribution in [3.63, 3.8) is 0 Å². The van der Waals surface area contributed by atoms with E-state index in [2.05, 4.69) is 15.3 Å². The third-order valence-corrected chi connectivity index (χ3v) is 5.12. The topological polar surface area (TPSA) is 76.5 Å². The summed E-state index contributed by atoms with van der Waals surface area (Å²) < 4.78 is 6.95. The van der Waals surface area contributed by atoms with E-state index in [9.17, 15) is 9.59 Å². The number of hydrogen-bond acceptors (Lipinski definition) is 5. The molecule has 0 saturated carbocycles. The molecule has 3 aromatic rings. The zero-order valence-electron chi connectivity index (χ0n) is 16.6. The van der Waals surface area contributed by atoms with E-state index in [0.717, 1.165) is 44.0 Å². The summed E-state index contributed by atoms with van der Waals surface area (Å²) in [5.74, 6) is -0.502. The van der Waals surface area contributed by atoms with E-state index in [1.165, 1.54) is 0 Å². The van der Waals surface area contributed by atoms with E-state index in [1.54, 1.807) is 17.8 Å². The maximum atomic E-state index is 12.8. The van der Waals surface area contributed by atoms with Crippen molar-refractivity contribution in [2.75, 3.05) is 31.6 Å². The normalized spacial score (nSPS) is 14.8. The Kier molecular flexibility index (Phi) is 5.42. The number of anilines is 1. The van der Waals surface area contributed by atoms with Crippen molar-refractivity contribution in [2.45, 2.75) is 13.5 Å². The molecule has 1 aliphatic rings. The van der Waals surface area contributed by atoms with Crippen LogP contribution >= 0.6 is 0 Å². The molecule has 7 heteroatoms. The molecule has 4 rings (SSSR count). The van der Waals surface area contributed by atoms with E-state index in [1.807, 2.05) is 43.3 Å². The SMILES string of the molecule is Cc1ccc2c(c1)c(=O)c(C(=O)Nc1cccc(CN3CCOCC3)c1)nn2C. The number of carbonyl (C=O) groups is 1. The van der Waals surface area contributed by atoms with Crippen LogP contribution < -0.4 is 10.7 Å². The van der Waals surface area contributed by atoms with Crippen LogP contribution in [0.5, 0.6) is 0 Å². The van der Waals surface area contributed by atoms with Gasteiger partial charge in [-0.15, -0.1) is 0 Å². The Morgan fingerprint density at radius 3 is 2.76 bits per heavy atom. The summed E-state index contributed by atoms with van der Waals surface area (Å²) in [6.45, 7) is 5.99. The summed E-state index contributed by atoms with van der Waals surface area (Å²) in [4.78, 5) is 28.0. The van der Waals surface area contributed by atoms with Crippen LogP contribution in [0.25, 0.3) is 10.9 Å². The molecule has 0 radical (unpaired) electrons. The lowest BCUT2D eigenvalue weighted by molar-refractivity contribution is 0.0342. The fourth-order valence-electron chi connectivity index (χ4n) is 3.59. The second kappa shape index (κ2) is 8.14. The Balaban J connectivity index is 1.57. The molecule has 0 unspecified atom stereocenters. The van der Waals surface area contributed by atoms with E-state index < -0.39 is 5.91 Å². The zero-order valence-corrected chi connectivity index (χ0v) is 16.6. The highest BCUT2D eigenvalue weighted by atomic mass is 16.5. The van der Waals surface area contributed by atoms with Gasteiger partial charge in [0.2, 0.25) is 5.43 Å². The molecule has 150 valence electrons. The number of morpholine rings is 1. The average Bonchev–Trinajstić information content (AvgIpc) is 2.71. The van der Waals surface area contributed by atoms with Crippen LogP contribution in [0.15, 0.2) is 47.3 Å². The summed E-state index contributed by atoms with van der Waals surface area (Å²) >= 11 is 0. The Morgan fingerprint density at radius 2 is 1.97 bits per heavy atom. The monoisotopic (exact) mass is 392 g/mol. The number of aromatic nitrogens is 2. The first kappa shape index (κ1) is 19.3. The van der Waals surface area contributed by atoms with Crippen LogP contribution in [0.4, 0.5) is 5.69 Å². The quantitative estimate of drug-likeness (QED) is 0.738. The zero-order chi connectivity index (χ0) is 20.4. The van der Waals surface area contributed by atoms with Gasteiger partial charge in [0.1, 0.15) is 0 Å². The third kappa shape index (κ3) is 4.21. The average molecular weight is 392 g/mol. The van der Waals surface area contributed by atoms with Crippen molar-refractivity contribution in [2.24, 2.45) is 7.05 Å². The highest BCUT2D eigenvalue weighted by Gasteiger charge is 2.17. The number of fused-ring (bicyclic) bond motifs is 1. The first-order chi connectivity index (χ1) is 14.0. The number of ether oxygens (including phenoxy) is 1. The van der Waals surface area contributed by atoms with Crippen LogP contribution in [0.2, 0.25) is 0 Å². The highest BCUT2D eigenvalue weighted by Crippen LogP contribution is 2.15. The maximum Gasteiger partial charge on any atom is 0.280 e. The molecule has 29 heavy (non-hydrogen) atoms. The van der Waals surface area contributed by atoms with Crippen LogP contribution in [-0.4, -0.2) is 46.9 Å². The summed E-state index contributed by atoms with van der Waals surface area (Å²) in [5, 5.41) is 7.53. The summed E-state index contributed by atoms with van der Waals surface area (Å²) in [6.07, 6.45) is 0. The van der Waals surface area contributed by atoms with Crippen LogP contribution in [0, 0.1) is 6.92 Å². The van der Waals surface area contributed by atoms with Crippen molar-refractivity contribution < 1.29 is 9.53 Å². The number of aryl methyl sites for hydroxylation is 2. The number of benzene rings is 2. The Morgan fingerprint density at radius 1 is 1.17 bits per heavy atom. The molecular weight excluding hydrogens is 368 g/mol. The molecule has 1 fully saturated rings. The van der Waals surface area contributed by atoms with Crippen LogP contribution in [0.1, 0.15) is 21.6 Å². The standard InChI is InChI=1S/C22H24N4O3/c1-15-6-7-19-18(12-15)21(27)20(24-25(19)2)22(28)23-17-5-3-4-16(13-17)14-26-8-10-29-11-9-26/h3-7,12-13H,8-11,14H2,1-2H3,(H,23,28). The van der Waals surface area contributed by atoms with E-state index >= 15 is 0 Å². The van der Waals surface area contributed by atoms with Gasteiger partial charge in [0.25, 0.3) is 5.91 Å². The van der Waals surface area contributed by atoms with Gasteiger partial charge in [-0.25, -0.2) is 0 Å². The second-order valence-electron chi connectivity index (χ2n) is 7.36. The van der Waals surface area contributed by atoms with Gasteiger partial charge in [0.15, 0.2) is 5.69 Å². The number of nitrogens with zero attached hydrogens (tertiary/aromatic N) is 3. The molecule has 2 heterocycles. The lowest BCUT2D eigenvalue weighted by Crippen LogP contribution is -2.35. The minimum Gasteiger partial charge on any atom is -0.379 e. The van der Waals surface area contributed by atoms with Gasteiger partial charge in [-0.1, -0.05) is 23.8 Å². The number of nitrogens with one attached hydrogen (secondary N) is 1. The Hall–Kier alpha value is -3.03. The molecule has 0 spiro atoms. The lowest BCUT2D eigenvalue weighted by Gasteiger charge is -2.26. The second-order valence-corrected chi connectivity index (χ2v) is 7.36. The van der Waals surface area contributed by atoms with Gasteiger partial charge in [0, 0.05) is 32.4 Å². The van der Waals surface area contributed by atoms with Crippen molar-refractivity contribution in [3.8, 4) is 0 Å². The molecule has 0 atom stereocenters. The minimum absolute atomic E-state index is 0.107. The van der Waals surface area contributed by atoms with Gasteiger partial charge in [-0.2, -0.15) is 5.10 Å². The summed E-state index contributed by atoms with van der Waals surface area (Å²) in [5.41, 5.74) is 2.94. The van der Waals surface area contributed by atoms with Crippen LogP contribution in [0.3, 0.4) is 0 Å². The minimum atomic E-state index is -0.502. The van der Waals surface area contributed by atoms with E-state index in [0.29, 0.717) is 16.6 Å². The van der Waals surface area contributed by atoms with Gasteiger partial charge >= 0.3 is 0 Å².